The van der Waals surface area contributed by atoms with Crippen molar-refractivity contribution in [3.05, 3.63) is 114 Å². The molecule has 156 valence electrons. The van der Waals surface area contributed by atoms with Crippen molar-refractivity contribution in [3.63, 3.8) is 0 Å². The molecule has 0 saturated carbocycles. The molecule has 0 spiro atoms. The van der Waals surface area contributed by atoms with Crippen molar-refractivity contribution < 1.29 is 9.60 Å². The topological polar surface area (TPSA) is 38.7 Å². The van der Waals surface area contributed by atoms with Crippen LogP contribution in [0.4, 0.5) is 0 Å². The third-order valence-corrected chi connectivity index (χ3v) is 5.50. The fourth-order valence-electron chi connectivity index (χ4n) is 3.68. The van der Waals surface area contributed by atoms with Crippen LogP contribution in [0.5, 0.6) is 0 Å². The Balaban J connectivity index is 1.73. The lowest BCUT2D eigenvalue weighted by molar-refractivity contribution is 1.08. The van der Waals surface area contributed by atoms with E-state index in [9.17, 15) is 0 Å². The molecule has 0 unspecified atom stereocenters. The predicted octanol–water partition coefficient (Wildman–Crippen LogP) is 7.83. The second-order valence-corrected chi connectivity index (χ2v) is 7.81. The maximum atomic E-state index is 8.76. The molecule has 6 aromatic rings. The monoisotopic (exact) mass is 450 g/mol. The maximum Gasteiger partial charge on any atom is 0.164 e. The number of nitrogens with zero attached hydrogens (tertiary/aromatic N) is 3. The predicted molar refractivity (Wildman–Crippen MR) is 136 cm³/mol. The van der Waals surface area contributed by atoms with Crippen molar-refractivity contribution in [1.82, 2.24) is 15.0 Å². The van der Waals surface area contributed by atoms with Gasteiger partial charge in [0.2, 0.25) is 0 Å². The molecule has 1 heterocycles. The normalized spacial score (nSPS) is 14.2. The molecule has 4 heteroatoms. The van der Waals surface area contributed by atoms with Gasteiger partial charge in [0.15, 0.2) is 17.5 Å². The van der Waals surface area contributed by atoms with E-state index in [0.717, 1.165) is 10.8 Å². The quantitative estimate of drug-likeness (QED) is 0.275. The molecule has 0 aliphatic heterocycles. The Labute approximate surface area is 206 Å². The third-order valence-electron chi connectivity index (χ3n) is 5.26. The molecule has 33 heavy (non-hydrogen) atoms. The van der Waals surface area contributed by atoms with Gasteiger partial charge in [-0.15, -0.1) is 0 Å². The molecule has 0 amide bonds. The van der Waals surface area contributed by atoms with Crippen LogP contribution in [0, 0.1) is 0 Å². The summed E-state index contributed by atoms with van der Waals surface area (Å²) in [6.07, 6.45) is 0. The SMILES string of the molecule is [2H]c1c([2H])c([2H])c2c(-c3nc(-c4cccc(Cl)c4)nc(-c4ccc5ccccc5c4)n3)c([2H])c([2H])c([2H])c2c1[2H]. The van der Waals surface area contributed by atoms with Crippen LogP contribution in [0.3, 0.4) is 0 Å². The number of rotatable bonds is 3. The molecule has 0 bridgehead atoms. The molecule has 0 atom stereocenters. The highest BCUT2D eigenvalue weighted by atomic mass is 35.5. The second kappa shape index (κ2) is 8.12. The molecule has 0 aliphatic carbocycles. The first kappa shape index (κ1) is 13.5. The van der Waals surface area contributed by atoms with Gasteiger partial charge in [-0.3, -0.25) is 0 Å². The van der Waals surface area contributed by atoms with Crippen LogP contribution >= 0.6 is 11.6 Å². The zero-order valence-corrected chi connectivity index (χ0v) is 17.8. The van der Waals surface area contributed by atoms with Gasteiger partial charge in [-0.25, -0.2) is 15.0 Å². The number of benzene rings is 5. The van der Waals surface area contributed by atoms with Crippen molar-refractivity contribution >= 4 is 33.1 Å². The van der Waals surface area contributed by atoms with E-state index >= 15 is 0 Å². The number of halogens is 1. The van der Waals surface area contributed by atoms with E-state index in [1.807, 2.05) is 42.5 Å². The average Bonchev–Trinajstić information content (AvgIpc) is 2.97. The number of fused-ring (bicyclic) bond motifs is 2. The van der Waals surface area contributed by atoms with Gasteiger partial charge >= 0.3 is 0 Å². The van der Waals surface area contributed by atoms with Crippen molar-refractivity contribution in [2.24, 2.45) is 0 Å². The van der Waals surface area contributed by atoms with Crippen LogP contribution in [0.15, 0.2) is 109 Å². The van der Waals surface area contributed by atoms with Crippen molar-refractivity contribution in [1.29, 1.82) is 0 Å². The molecule has 1 aromatic heterocycles. The Bertz CT molecular complexity index is 2010. The van der Waals surface area contributed by atoms with Crippen LogP contribution < -0.4 is 0 Å². The first-order valence-electron chi connectivity index (χ1n) is 13.7. The molecule has 3 nitrogen and oxygen atoms in total. The standard InChI is InChI=1S/C29H18ClN3/c30-24-12-5-11-22(18-24)27-31-28(23-16-15-19-7-1-2-9-21(19)17-23)33-29(32-27)26-14-6-10-20-8-3-4-13-25(20)26/h1-18H/i3D,4D,6D,8D,10D,13D,14D. The van der Waals surface area contributed by atoms with E-state index in [1.54, 1.807) is 24.3 Å². The van der Waals surface area contributed by atoms with Gasteiger partial charge in [0.1, 0.15) is 0 Å². The lowest BCUT2D eigenvalue weighted by Gasteiger charge is -2.11. The summed E-state index contributed by atoms with van der Waals surface area (Å²) >= 11 is 6.25. The molecule has 5 aromatic carbocycles. The van der Waals surface area contributed by atoms with Crippen LogP contribution in [-0.2, 0) is 0 Å². The molecular formula is C29H18ClN3. The highest BCUT2D eigenvalue weighted by Gasteiger charge is 2.14. The molecule has 0 aliphatic rings. The fraction of sp³-hybridized carbons (Fsp3) is 0. The lowest BCUT2D eigenvalue weighted by atomic mass is 10.0. The summed E-state index contributed by atoms with van der Waals surface area (Å²) in [6, 6.07) is 17.1. The van der Waals surface area contributed by atoms with Crippen LogP contribution in [0.1, 0.15) is 9.60 Å². The first-order valence-corrected chi connectivity index (χ1v) is 10.5. The minimum absolute atomic E-state index is 0.0540. The lowest BCUT2D eigenvalue weighted by Crippen LogP contribution is -2.00. The minimum atomic E-state index is -0.527. The van der Waals surface area contributed by atoms with Gasteiger partial charge < -0.3 is 0 Å². The smallest absolute Gasteiger partial charge is 0.164 e. The number of hydrogen-bond donors (Lipinski definition) is 0. The summed E-state index contributed by atoms with van der Waals surface area (Å²) in [5.74, 6) is 0.438. The van der Waals surface area contributed by atoms with E-state index in [0.29, 0.717) is 16.1 Å². The fourth-order valence-corrected chi connectivity index (χ4v) is 3.87. The van der Waals surface area contributed by atoms with Gasteiger partial charge in [0.25, 0.3) is 0 Å². The number of hydrogen-bond acceptors (Lipinski definition) is 3. The van der Waals surface area contributed by atoms with Gasteiger partial charge in [-0.2, -0.15) is 0 Å². The second-order valence-electron chi connectivity index (χ2n) is 7.38. The van der Waals surface area contributed by atoms with Crippen molar-refractivity contribution in [3.8, 4) is 34.2 Å². The van der Waals surface area contributed by atoms with E-state index in [-0.39, 0.29) is 33.8 Å². The largest absolute Gasteiger partial charge is 0.208 e. The molecule has 0 radical (unpaired) electrons. The molecule has 0 saturated heterocycles. The highest BCUT2D eigenvalue weighted by molar-refractivity contribution is 6.30. The van der Waals surface area contributed by atoms with E-state index in [1.165, 1.54) is 0 Å². The summed E-state index contributed by atoms with van der Waals surface area (Å²) in [4.78, 5) is 14.0. The zero-order valence-electron chi connectivity index (χ0n) is 24.1. The van der Waals surface area contributed by atoms with Crippen LogP contribution in [0.2, 0.25) is 5.02 Å². The van der Waals surface area contributed by atoms with E-state index in [4.69, 9.17) is 26.2 Å². The van der Waals surface area contributed by atoms with Gasteiger partial charge in [0, 0.05) is 21.7 Å². The van der Waals surface area contributed by atoms with Crippen molar-refractivity contribution in [2.45, 2.75) is 0 Å². The van der Waals surface area contributed by atoms with Gasteiger partial charge in [-0.05, 0) is 39.7 Å². The summed E-state index contributed by atoms with van der Waals surface area (Å²) in [7, 11) is 0. The molecular weight excluding hydrogens is 426 g/mol. The van der Waals surface area contributed by atoms with Gasteiger partial charge in [0.05, 0.1) is 9.60 Å². The summed E-state index contributed by atoms with van der Waals surface area (Å²) in [6.45, 7) is 0. The Morgan fingerprint density at radius 2 is 1.30 bits per heavy atom. The maximum absolute atomic E-state index is 8.76. The first-order chi connectivity index (χ1) is 19.2. The molecule has 0 fully saturated rings. The van der Waals surface area contributed by atoms with Gasteiger partial charge in [-0.1, -0.05) is 102 Å². The Hall–Kier alpha value is -4.08. The minimum Gasteiger partial charge on any atom is -0.208 e. The molecule has 0 N–H and O–H groups in total. The Kier molecular flexibility index (Phi) is 3.31. The summed E-state index contributed by atoms with van der Waals surface area (Å²) in [5.41, 5.74) is 1.15. The molecule has 6 rings (SSSR count). The van der Waals surface area contributed by atoms with Crippen LogP contribution in [-0.4, -0.2) is 15.0 Å². The van der Waals surface area contributed by atoms with E-state index < -0.39 is 42.3 Å². The highest BCUT2D eigenvalue weighted by Crippen LogP contribution is 2.31. The van der Waals surface area contributed by atoms with Crippen molar-refractivity contribution in [2.75, 3.05) is 0 Å². The zero-order chi connectivity index (χ0) is 28.3. The van der Waals surface area contributed by atoms with E-state index in [2.05, 4.69) is 9.97 Å². The average molecular weight is 451 g/mol. The third kappa shape index (κ3) is 3.73. The Morgan fingerprint density at radius 3 is 2.15 bits per heavy atom. The number of aromatic nitrogens is 3. The summed E-state index contributed by atoms with van der Waals surface area (Å²) < 4.78 is 59.0. The Morgan fingerprint density at radius 1 is 0.576 bits per heavy atom. The summed E-state index contributed by atoms with van der Waals surface area (Å²) in [5, 5.41) is 2.18. The van der Waals surface area contributed by atoms with Crippen LogP contribution in [0.25, 0.3) is 55.7 Å².